The molecule has 140 valence electrons. The Balaban J connectivity index is 1.71. The van der Waals surface area contributed by atoms with Crippen LogP contribution in [-0.4, -0.2) is 40.6 Å². The lowest BCUT2D eigenvalue weighted by molar-refractivity contribution is 0.0766. The molecule has 5 nitrogen and oxygen atoms in total. The van der Waals surface area contributed by atoms with Crippen molar-refractivity contribution >= 4 is 29.7 Å². The smallest absolute Gasteiger partial charge is 0.272 e. The number of nitrogens with zero attached hydrogens (tertiary/aromatic N) is 2. The molecular weight excluding hydrogens is 389 g/mol. The van der Waals surface area contributed by atoms with Crippen molar-refractivity contribution in [2.45, 2.75) is 0 Å². The van der Waals surface area contributed by atoms with E-state index in [9.17, 15) is 9.18 Å². The fraction of sp³-hybridized carbons (Fsp3) is 0.158. The van der Waals surface area contributed by atoms with Crippen molar-refractivity contribution in [3.63, 3.8) is 0 Å². The number of amides is 1. The van der Waals surface area contributed by atoms with Crippen LogP contribution in [0.25, 0.3) is 5.69 Å². The Bertz CT molecular complexity index is 1000. The number of rotatable bonds is 6. The number of nitrogens with one attached hydrogen (secondary N) is 1. The van der Waals surface area contributed by atoms with Gasteiger partial charge in [0.15, 0.2) is 4.77 Å². The summed E-state index contributed by atoms with van der Waals surface area (Å²) < 4.78 is 20.7. The van der Waals surface area contributed by atoms with Crippen molar-refractivity contribution in [2.24, 2.45) is 0 Å². The number of para-hydroxylation sites is 1. The maximum atomic E-state index is 13.2. The molecule has 0 unspecified atom stereocenters. The third-order valence-electron chi connectivity index (χ3n) is 3.95. The van der Waals surface area contributed by atoms with Gasteiger partial charge >= 0.3 is 0 Å². The Labute approximate surface area is 166 Å². The minimum Gasteiger partial charge on any atom is -0.490 e. The van der Waals surface area contributed by atoms with Gasteiger partial charge in [-0.2, -0.15) is 0 Å². The molecule has 3 rings (SSSR count). The fourth-order valence-electron chi connectivity index (χ4n) is 2.52. The zero-order valence-corrected chi connectivity index (χ0v) is 16.1. The maximum absolute atomic E-state index is 13.2. The first-order valence-corrected chi connectivity index (χ1v) is 8.95. The first-order valence-electron chi connectivity index (χ1n) is 8.16. The molecule has 1 heterocycles. The van der Waals surface area contributed by atoms with E-state index in [1.807, 2.05) is 12.1 Å². The minimum atomic E-state index is -0.359. The number of hydrogen-bond donors (Lipinski definition) is 1. The van der Waals surface area contributed by atoms with Crippen LogP contribution in [-0.2, 0) is 0 Å². The van der Waals surface area contributed by atoms with Crippen molar-refractivity contribution in [1.82, 2.24) is 14.5 Å². The summed E-state index contributed by atoms with van der Waals surface area (Å²) in [6.07, 6.45) is 1.54. The second-order valence-electron chi connectivity index (χ2n) is 5.80. The number of aromatic amines is 1. The molecule has 1 amide bonds. The van der Waals surface area contributed by atoms with Crippen molar-refractivity contribution in [3.05, 3.63) is 76.0 Å². The third kappa shape index (κ3) is 4.37. The molecule has 0 radical (unpaired) electrons. The molecule has 8 heteroatoms. The zero-order chi connectivity index (χ0) is 19.4. The molecule has 0 aliphatic carbocycles. The fourth-order valence-corrected chi connectivity index (χ4v) is 2.98. The predicted molar refractivity (Wildman–Crippen MR) is 105 cm³/mol. The normalized spacial score (nSPS) is 10.6. The van der Waals surface area contributed by atoms with Gasteiger partial charge in [-0.25, -0.2) is 4.39 Å². The first-order chi connectivity index (χ1) is 13.0. The molecule has 0 bridgehead atoms. The van der Waals surface area contributed by atoms with Crippen LogP contribution in [0.3, 0.4) is 0 Å². The monoisotopic (exact) mass is 405 g/mol. The zero-order valence-electron chi connectivity index (χ0n) is 14.5. The number of likely N-dealkylation sites (N-methyl/N-ethyl adjacent to an activating group) is 1. The van der Waals surface area contributed by atoms with E-state index in [0.29, 0.717) is 33.5 Å². The summed E-state index contributed by atoms with van der Waals surface area (Å²) >= 11 is 11.3. The number of halogens is 2. The summed E-state index contributed by atoms with van der Waals surface area (Å²) in [5.41, 5.74) is 0.957. The third-order valence-corrected chi connectivity index (χ3v) is 4.56. The quantitative estimate of drug-likeness (QED) is 0.615. The highest BCUT2D eigenvalue weighted by Gasteiger charge is 2.18. The molecule has 1 N–H and O–H groups in total. The standard InChI is InChI=1S/C19H17ClFN3O2S/c1-23(10-11-26-17-5-3-2-4-15(17)20)18(25)16-12-22-19(27)24(16)14-8-6-13(21)7-9-14/h2-9,12H,10-11H2,1H3,(H,22,27). The van der Waals surface area contributed by atoms with Gasteiger partial charge in [-0.05, 0) is 48.6 Å². The van der Waals surface area contributed by atoms with Crippen LogP contribution < -0.4 is 4.74 Å². The summed E-state index contributed by atoms with van der Waals surface area (Å²) in [4.78, 5) is 17.2. The van der Waals surface area contributed by atoms with Crippen molar-refractivity contribution in [2.75, 3.05) is 20.2 Å². The van der Waals surface area contributed by atoms with Gasteiger partial charge in [-0.15, -0.1) is 0 Å². The van der Waals surface area contributed by atoms with Crippen molar-refractivity contribution < 1.29 is 13.9 Å². The number of benzene rings is 2. The molecule has 1 aromatic heterocycles. The van der Waals surface area contributed by atoms with E-state index < -0.39 is 0 Å². The highest BCUT2D eigenvalue weighted by Crippen LogP contribution is 2.23. The van der Waals surface area contributed by atoms with E-state index in [1.165, 1.54) is 17.0 Å². The van der Waals surface area contributed by atoms with Crippen LogP contribution in [0, 0.1) is 10.6 Å². The van der Waals surface area contributed by atoms with Crippen LogP contribution in [0.15, 0.2) is 54.7 Å². The van der Waals surface area contributed by atoms with Crippen molar-refractivity contribution in [3.8, 4) is 11.4 Å². The summed E-state index contributed by atoms with van der Waals surface area (Å²) in [7, 11) is 1.67. The van der Waals surface area contributed by atoms with Crippen LogP contribution in [0.2, 0.25) is 5.02 Å². The molecule has 27 heavy (non-hydrogen) atoms. The Morgan fingerprint density at radius 3 is 2.67 bits per heavy atom. The molecule has 0 saturated heterocycles. The number of imidazole rings is 1. The van der Waals surface area contributed by atoms with Gasteiger partial charge in [0.05, 0.1) is 11.6 Å². The molecule has 0 atom stereocenters. The average molecular weight is 406 g/mol. The van der Waals surface area contributed by atoms with Crippen LogP contribution in [0.1, 0.15) is 10.5 Å². The molecule has 0 spiro atoms. The van der Waals surface area contributed by atoms with E-state index >= 15 is 0 Å². The van der Waals surface area contributed by atoms with E-state index in [-0.39, 0.29) is 18.3 Å². The van der Waals surface area contributed by atoms with Gasteiger partial charge in [-0.1, -0.05) is 23.7 Å². The topological polar surface area (TPSA) is 50.3 Å². The van der Waals surface area contributed by atoms with E-state index in [1.54, 1.807) is 42.1 Å². The molecular formula is C19H17ClFN3O2S. The molecule has 0 saturated carbocycles. The van der Waals surface area contributed by atoms with Gasteiger partial charge in [-0.3, -0.25) is 9.36 Å². The Morgan fingerprint density at radius 2 is 1.96 bits per heavy atom. The summed E-state index contributed by atoms with van der Waals surface area (Å²) in [5, 5.41) is 0.516. The van der Waals surface area contributed by atoms with Crippen LogP contribution >= 0.6 is 23.8 Å². The Kier molecular flexibility index (Phi) is 5.93. The summed E-state index contributed by atoms with van der Waals surface area (Å²) in [5.74, 6) is -0.0344. The van der Waals surface area contributed by atoms with Gasteiger partial charge < -0.3 is 14.6 Å². The summed E-state index contributed by atoms with van der Waals surface area (Å²) in [6, 6.07) is 12.9. The SMILES string of the molecule is CN(CCOc1ccccc1Cl)C(=O)c1c[nH]c(=S)n1-c1ccc(F)cc1. The van der Waals surface area contributed by atoms with Gasteiger partial charge in [0, 0.05) is 18.9 Å². The highest BCUT2D eigenvalue weighted by molar-refractivity contribution is 7.71. The van der Waals surface area contributed by atoms with E-state index in [4.69, 9.17) is 28.6 Å². The minimum absolute atomic E-state index is 0.241. The van der Waals surface area contributed by atoms with E-state index in [2.05, 4.69) is 4.98 Å². The largest absolute Gasteiger partial charge is 0.490 e. The lowest BCUT2D eigenvalue weighted by atomic mass is 10.3. The van der Waals surface area contributed by atoms with Crippen LogP contribution in [0.4, 0.5) is 4.39 Å². The second kappa shape index (κ2) is 8.37. The van der Waals surface area contributed by atoms with Gasteiger partial charge in [0.1, 0.15) is 23.9 Å². The number of H-pyrrole nitrogens is 1. The Hall–Kier alpha value is -2.64. The Morgan fingerprint density at radius 1 is 1.26 bits per heavy atom. The lowest BCUT2D eigenvalue weighted by Gasteiger charge is -2.18. The molecule has 2 aromatic carbocycles. The molecule has 3 aromatic rings. The first kappa shape index (κ1) is 19.1. The average Bonchev–Trinajstić information content (AvgIpc) is 3.04. The molecule has 0 aliphatic heterocycles. The van der Waals surface area contributed by atoms with Gasteiger partial charge in [0.25, 0.3) is 5.91 Å². The number of aromatic nitrogens is 2. The molecule has 0 fully saturated rings. The number of hydrogen-bond acceptors (Lipinski definition) is 3. The maximum Gasteiger partial charge on any atom is 0.272 e. The molecule has 0 aliphatic rings. The predicted octanol–water partition coefficient (Wildman–Crippen LogP) is 4.48. The summed E-state index contributed by atoms with van der Waals surface area (Å²) in [6.45, 7) is 0.638. The number of carbonyl (C=O) groups is 1. The lowest BCUT2D eigenvalue weighted by Crippen LogP contribution is -2.32. The highest BCUT2D eigenvalue weighted by atomic mass is 35.5. The second-order valence-corrected chi connectivity index (χ2v) is 6.59. The van der Waals surface area contributed by atoms with Crippen LogP contribution in [0.5, 0.6) is 5.75 Å². The number of carbonyl (C=O) groups excluding carboxylic acids is 1. The van der Waals surface area contributed by atoms with Crippen molar-refractivity contribution in [1.29, 1.82) is 0 Å². The number of ether oxygens (including phenoxy) is 1. The van der Waals surface area contributed by atoms with Gasteiger partial charge in [0.2, 0.25) is 0 Å². The van der Waals surface area contributed by atoms with E-state index in [0.717, 1.165) is 0 Å².